The topological polar surface area (TPSA) is 328 Å². The number of hydrogen-bond donors (Lipinski definition) is 5. The molecule has 0 radical (unpaired) electrons. The van der Waals surface area contributed by atoms with Gasteiger partial charge in [0.25, 0.3) is 0 Å². The molecule has 1 aromatic rings. The van der Waals surface area contributed by atoms with Crippen LogP contribution in [0.5, 0.6) is 0 Å². The summed E-state index contributed by atoms with van der Waals surface area (Å²) in [5.74, 6) is -1.38. The van der Waals surface area contributed by atoms with Gasteiger partial charge in [-0.25, -0.2) is 21.5 Å². The zero-order chi connectivity index (χ0) is 54.2. The van der Waals surface area contributed by atoms with Crippen LogP contribution in [0.2, 0.25) is 0 Å². The molecule has 73 heavy (non-hydrogen) atoms. The Bertz CT molecular complexity index is 2160. The second-order valence-electron chi connectivity index (χ2n) is 18.2. The predicted octanol–water partition coefficient (Wildman–Crippen LogP) is 8.56. The maximum atomic E-state index is 13.7. The smallest absolute Gasteiger partial charge is 0.397 e. The van der Waals surface area contributed by atoms with Crippen molar-refractivity contribution in [3.8, 4) is 0 Å². The van der Waals surface area contributed by atoms with Gasteiger partial charge in [0.1, 0.15) is 24.4 Å². The first-order valence-corrected chi connectivity index (χ1v) is 31.1. The van der Waals surface area contributed by atoms with E-state index in [1.54, 1.807) is 24.3 Å². The number of amides is 1. The van der Waals surface area contributed by atoms with Gasteiger partial charge in [0.05, 0.1) is 24.8 Å². The van der Waals surface area contributed by atoms with Crippen LogP contribution in [0.3, 0.4) is 0 Å². The number of allylic oxidation sites excluding steroid dienone is 1. The number of esters is 1. The van der Waals surface area contributed by atoms with Gasteiger partial charge in [0.15, 0.2) is 12.4 Å². The van der Waals surface area contributed by atoms with Crippen molar-refractivity contribution in [1.29, 1.82) is 0 Å². The molecule has 1 heterocycles. The van der Waals surface area contributed by atoms with E-state index >= 15 is 0 Å². The summed E-state index contributed by atoms with van der Waals surface area (Å²) in [6.45, 7) is 2.03. The van der Waals surface area contributed by atoms with Crippen LogP contribution >= 0.6 is 0 Å². The van der Waals surface area contributed by atoms with E-state index in [-0.39, 0.29) is 12.0 Å². The van der Waals surface area contributed by atoms with Crippen molar-refractivity contribution in [2.24, 2.45) is 0 Å². The fraction of sp³-hybridized carbons (Fsp3) is 0.787. The van der Waals surface area contributed by atoms with Gasteiger partial charge in [-0.1, -0.05) is 179 Å². The molecule has 2 unspecified atom stereocenters. The predicted molar refractivity (Wildman–Crippen MR) is 269 cm³/mol. The van der Waals surface area contributed by atoms with Crippen molar-refractivity contribution in [3.63, 3.8) is 0 Å². The lowest BCUT2D eigenvalue weighted by molar-refractivity contribution is -0.288. The van der Waals surface area contributed by atoms with Gasteiger partial charge in [0, 0.05) is 6.42 Å². The second-order valence-corrected chi connectivity index (χ2v) is 22.4. The summed E-state index contributed by atoms with van der Waals surface area (Å²) in [6.07, 6.45) is 15.4. The summed E-state index contributed by atoms with van der Waals surface area (Å²) in [5, 5.41) is 2.76. The Balaban J connectivity index is 2.44. The maximum absolute atomic E-state index is 13.7. The standard InChI is InChI=1S/C47H81NO21S4/c1-3-5-7-9-11-13-15-17-19-21-23-25-30-34-40(65-46(50)38-32-28-27-29-33-38)39(48-42(49)35-31-26-24-22-20-18-16-14-12-10-8-6-4-2)36-63-47-45(69-73(60,61)62)44(68-72(57,58)59)43(67-71(54,55)56)41(66-47)37-64-70(51,52)53/h27-30,32-34,39-41,43-45,47H,3-26,31,35-37H2,1-2H3,(H,48,49)(H,51,52,53)(H,54,55,56)(H,57,58,59)(H,60,61,62)/t39?,40?,41-,43+,44+,45-,47+/m1/s1. The van der Waals surface area contributed by atoms with Crippen LogP contribution in [0.1, 0.15) is 191 Å². The number of hydrogen-bond acceptors (Lipinski definition) is 17. The largest absolute Gasteiger partial charge is 0.452 e. The first-order chi connectivity index (χ1) is 34.5. The third-order valence-electron chi connectivity index (χ3n) is 11.9. The number of carbonyl (C=O) groups is 2. The molecule has 424 valence electrons. The van der Waals surface area contributed by atoms with E-state index in [9.17, 15) is 61.5 Å². The molecule has 7 atom stereocenters. The van der Waals surface area contributed by atoms with Crippen LogP contribution in [-0.2, 0) is 77.3 Å². The third-order valence-corrected chi connectivity index (χ3v) is 13.7. The summed E-state index contributed by atoms with van der Waals surface area (Å²) in [7, 11) is -22.7. The van der Waals surface area contributed by atoms with Crippen molar-refractivity contribution in [1.82, 2.24) is 5.32 Å². The van der Waals surface area contributed by atoms with Gasteiger partial charge in [-0.3, -0.25) is 23.0 Å². The molecule has 0 saturated carbocycles. The van der Waals surface area contributed by atoms with E-state index in [0.717, 1.165) is 64.2 Å². The Morgan fingerprint density at radius 3 is 1.49 bits per heavy atom. The zero-order valence-corrected chi connectivity index (χ0v) is 45.5. The minimum atomic E-state index is -5.80. The van der Waals surface area contributed by atoms with E-state index in [1.165, 1.54) is 102 Å². The second kappa shape index (κ2) is 36.4. The Labute approximate surface area is 434 Å². The highest BCUT2D eigenvalue weighted by Gasteiger charge is 2.54. The molecule has 1 fully saturated rings. The molecule has 1 aliphatic rings. The van der Waals surface area contributed by atoms with Gasteiger partial charge in [-0.15, -0.1) is 0 Å². The molecule has 1 aromatic carbocycles. The number of unbranched alkanes of at least 4 members (excludes halogenated alkanes) is 23. The minimum absolute atomic E-state index is 0.00153. The number of carbonyl (C=O) groups excluding carboxylic acids is 2. The summed E-state index contributed by atoms with van der Waals surface area (Å²) in [6, 6.07) is 6.42. The van der Waals surface area contributed by atoms with Gasteiger partial charge in [-0.2, -0.15) is 33.7 Å². The van der Waals surface area contributed by atoms with E-state index in [4.69, 9.17) is 14.2 Å². The van der Waals surface area contributed by atoms with Crippen LogP contribution in [0.15, 0.2) is 42.5 Å². The van der Waals surface area contributed by atoms with Gasteiger partial charge in [-0.05, 0) is 37.5 Å². The Morgan fingerprint density at radius 1 is 0.589 bits per heavy atom. The van der Waals surface area contributed by atoms with Crippen molar-refractivity contribution in [2.45, 2.75) is 224 Å². The molecule has 0 spiro atoms. The lowest BCUT2D eigenvalue weighted by Crippen LogP contribution is -2.63. The molecule has 5 N–H and O–H groups in total. The molecule has 0 aliphatic carbocycles. The number of ether oxygens (including phenoxy) is 3. The van der Waals surface area contributed by atoms with E-state index in [0.29, 0.717) is 12.8 Å². The van der Waals surface area contributed by atoms with Gasteiger partial charge >= 0.3 is 47.6 Å². The lowest BCUT2D eigenvalue weighted by Gasteiger charge is -2.43. The fourth-order valence-electron chi connectivity index (χ4n) is 8.23. The highest BCUT2D eigenvalue weighted by molar-refractivity contribution is 7.81. The first-order valence-electron chi connectivity index (χ1n) is 25.6. The van der Waals surface area contributed by atoms with Crippen LogP contribution in [0, 0.1) is 0 Å². The quantitative estimate of drug-likeness (QED) is 0.0177. The molecule has 1 saturated heterocycles. The number of nitrogens with one attached hydrogen (secondary N) is 1. The van der Waals surface area contributed by atoms with E-state index in [2.05, 4.69) is 35.9 Å². The van der Waals surface area contributed by atoms with Crippen LogP contribution in [-0.4, -0.2) is 120 Å². The maximum Gasteiger partial charge on any atom is 0.397 e. The van der Waals surface area contributed by atoms with Crippen LogP contribution < -0.4 is 5.32 Å². The lowest BCUT2D eigenvalue weighted by atomic mass is 9.99. The highest BCUT2D eigenvalue weighted by atomic mass is 32.3. The summed E-state index contributed by atoms with van der Waals surface area (Å²) < 4.78 is 169. The van der Waals surface area contributed by atoms with E-state index in [1.807, 2.05) is 0 Å². The van der Waals surface area contributed by atoms with Crippen molar-refractivity contribution >= 4 is 53.5 Å². The third kappa shape index (κ3) is 33.2. The first kappa shape index (κ1) is 66.4. The molecule has 22 nitrogen and oxygen atoms in total. The average Bonchev–Trinajstić information content (AvgIpc) is 3.30. The molecule has 26 heteroatoms. The molecular formula is C47H81NO21S4. The fourth-order valence-corrected chi connectivity index (χ4v) is 10.0. The summed E-state index contributed by atoms with van der Waals surface area (Å²) >= 11 is 0. The molecule has 1 aliphatic heterocycles. The van der Waals surface area contributed by atoms with Gasteiger partial charge < -0.3 is 19.5 Å². The SMILES string of the molecule is CCCCCCCCCCCCCC=CC(OC(=O)c1ccccc1)C(CO[C@H]1O[C@H](COS(=O)(=O)O)[C@H](OS(=O)(=O)O)[C@H](OS(=O)(=O)O)[C@H]1OS(=O)(=O)O)NC(=O)CCCCCCCCCCCCCCC. The molecular weight excluding hydrogens is 1040 g/mol. The van der Waals surface area contributed by atoms with Crippen LogP contribution in [0.4, 0.5) is 0 Å². The van der Waals surface area contributed by atoms with Crippen molar-refractivity contribution in [2.75, 3.05) is 13.2 Å². The summed E-state index contributed by atoms with van der Waals surface area (Å²) in [4.78, 5) is 27.3. The minimum Gasteiger partial charge on any atom is -0.452 e. The monoisotopic (exact) mass is 1120 g/mol. The van der Waals surface area contributed by atoms with Crippen LogP contribution in [0.25, 0.3) is 0 Å². The normalized spacial score (nSPS) is 19.7. The molecule has 0 aromatic heterocycles. The molecule has 0 bridgehead atoms. The zero-order valence-electron chi connectivity index (χ0n) is 42.2. The average molecular weight is 1120 g/mol. The number of rotatable bonds is 43. The molecule has 2 rings (SSSR count). The Morgan fingerprint density at radius 2 is 1.03 bits per heavy atom. The molecule has 1 amide bonds. The Hall–Kier alpha value is -2.70. The summed E-state index contributed by atoms with van der Waals surface area (Å²) in [5.41, 5.74) is 0.123. The van der Waals surface area contributed by atoms with Crippen molar-refractivity contribution < 1.29 is 92.4 Å². The Kier molecular flexibility index (Phi) is 33.1. The van der Waals surface area contributed by atoms with E-state index < -0.39 is 110 Å². The van der Waals surface area contributed by atoms with Crippen molar-refractivity contribution in [3.05, 3.63) is 48.0 Å². The number of benzene rings is 1. The van der Waals surface area contributed by atoms with Gasteiger partial charge in [0.2, 0.25) is 5.91 Å². The highest BCUT2D eigenvalue weighted by Crippen LogP contribution is 2.32.